The highest BCUT2D eigenvalue weighted by molar-refractivity contribution is 5.09. The molecule has 0 unspecified atom stereocenters. The molecule has 0 saturated heterocycles. The number of nitrogens with zero attached hydrogens (tertiary/aromatic N) is 2. The quantitative estimate of drug-likeness (QED) is 0.796. The van der Waals surface area contributed by atoms with E-state index < -0.39 is 0 Å². The molecule has 0 atom stereocenters. The van der Waals surface area contributed by atoms with Crippen LogP contribution in [0.1, 0.15) is 32.3 Å². The first-order valence-corrected chi connectivity index (χ1v) is 5.61. The lowest BCUT2D eigenvalue weighted by Gasteiger charge is -2.23. The molecule has 0 aliphatic rings. The van der Waals surface area contributed by atoms with Crippen LogP contribution in [0, 0.1) is 16.7 Å². The Hall–Kier alpha value is -1.40. The summed E-state index contributed by atoms with van der Waals surface area (Å²) >= 11 is 0. The fourth-order valence-electron chi connectivity index (χ4n) is 1.53. The van der Waals surface area contributed by atoms with Gasteiger partial charge in [0.1, 0.15) is 0 Å². The molecule has 1 rings (SSSR count). The van der Waals surface area contributed by atoms with Crippen molar-refractivity contribution >= 4 is 0 Å². The lowest BCUT2D eigenvalue weighted by Crippen LogP contribution is -2.29. The highest BCUT2D eigenvalue weighted by Crippen LogP contribution is 2.20. The summed E-state index contributed by atoms with van der Waals surface area (Å²) in [5, 5.41) is 12.0. The van der Waals surface area contributed by atoms with Gasteiger partial charge in [0.05, 0.1) is 6.07 Å². The summed E-state index contributed by atoms with van der Waals surface area (Å²) in [7, 11) is 0. The van der Waals surface area contributed by atoms with Crippen LogP contribution in [0.5, 0.6) is 0 Å². The Bertz CT molecular complexity index is 338. The maximum absolute atomic E-state index is 8.56. The minimum Gasteiger partial charge on any atom is -0.312 e. The van der Waals surface area contributed by atoms with Crippen molar-refractivity contribution in [1.82, 2.24) is 10.3 Å². The van der Waals surface area contributed by atoms with Crippen molar-refractivity contribution in [2.75, 3.05) is 6.54 Å². The van der Waals surface area contributed by atoms with Crippen LogP contribution in [-0.2, 0) is 6.54 Å². The topological polar surface area (TPSA) is 48.7 Å². The third-order valence-electron chi connectivity index (χ3n) is 2.60. The highest BCUT2D eigenvalue weighted by Gasteiger charge is 2.16. The normalized spacial score (nSPS) is 11.1. The summed E-state index contributed by atoms with van der Waals surface area (Å²) in [5.41, 5.74) is 1.43. The molecule has 0 amide bonds. The Morgan fingerprint density at radius 1 is 1.38 bits per heavy atom. The Labute approximate surface area is 97.5 Å². The number of nitrogens with one attached hydrogen (secondary N) is 1. The van der Waals surface area contributed by atoms with Crippen molar-refractivity contribution in [3.05, 3.63) is 30.1 Å². The molecule has 0 spiro atoms. The molecular weight excluding hydrogens is 198 g/mol. The molecule has 0 bridgehead atoms. The maximum Gasteiger partial charge on any atom is 0.0621 e. The van der Waals surface area contributed by atoms with Crippen LogP contribution in [0.25, 0.3) is 0 Å². The van der Waals surface area contributed by atoms with Gasteiger partial charge >= 0.3 is 0 Å². The van der Waals surface area contributed by atoms with Gasteiger partial charge in [-0.3, -0.25) is 4.98 Å². The first-order chi connectivity index (χ1) is 7.64. The molecule has 0 saturated carbocycles. The van der Waals surface area contributed by atoms with Crippen molar-refractivity contribution in [1.29, 1.82) is 5.26 Å². The van der Waals surface area contributed by atoms with Crippen LogP contribution in [0.15, 0.2) is 24.5 Å². The maximum atomic E-state index is 8.56. The Balaban J connectivity index is 2.27. The Morgan fingerprint density at radius 2 is 2.06 bits per heavy atom. The van der Waals surface area contributed by atoms with Gasteiger partial charge in [-0.15, -0.1) is 0 Å². The second-order valence-electron chi connectivity index (χ2n) is 4.78. The van der Waals surface area contributed by atoms with Crippen LogP contribution in [0.4, 0.5) is 0 Å². The first-order valence-electron chi connectivity index (χ1n) is 5.61. The van der Waals surface area contributed by atoms with E-state index >= 15 is 0 Å². The van der Waals surface area contributed by atoms with Gasteiger partial charge in [0.15, 0.2) is 0 Å². The third kappa shape index (κ3) is 4.90. The predicted molar refractivity (Wildman–Crippen MR) is 64.6 cm³/mol. The second kappa shape index (κ2) is 6.24. The molecule has 86 valence electrons. The summed E-state index contributed by atoms with van der Waals surface area (Å²) in [6, 6.07) is 6.21. The highest BCUT2D eigenvalue weighted by atomic mass is 14.9. The molecule has 0 aromatic carbocycles. The van der Waals surface area contributed by atoms with E-state index in [0.29, 0.717) is 6.42 Å². The molecule has 1 heterocycles. The fraction of sp³-hybridized carbons (Fsp3) is 0.538. The molecule has 0 aliphatic heterocycles. The molecule has 0 radical (unpaired) electrons. The van der Waals surface area contributed by atoms with Crippen LogP contribution in [0.2, 0.25) is 0 Å². The largest absolute Gasteiger partial charge is 0.312 e. The number of rotatable bonds is 6. The van der Waals surface area contributed by atoms with Crippen molar-refractivity contribution in [2.45, 2.75) is 33.2 Å². The lowest BCUT2D eigenvalue weighted by atomic mass is 9.88. The van der Waals surface area contributed by atoms with Crippen LogP contribution in [-0.4, -0.2) is 11.5 Å². The van der Waals surface area contributed by atoms with Gasteiger partial charge in [-0.25, -0.2) is 0 Å². The smallest absolute Gasteiger partial charge is 0.0621 e. The minimum absolute atomic E-state index is 0.183. The van der Waals surface area contributed by atoms with Crippen molar-refractivity contribution in [3.8, 4) is 6.07 Å². The van der Waals surface area contributed by atoms with Crippen molar-refractivity contribution in [2.24, 2.45) is 5.41 Å². The Morgan fingerprint density at radius 3 is 2.69 bits per heavy atom. The minimum atomic E-state index is 0.183. The first kappa shape index (κ1) is 12.7. The van der Waals surface area contributed by atoms with Crippen molar-refractivity contribution in [3.63, 3.8) is 0 Å². The zero-order valence-electron chi connectivity index (χ0n) is 10.0. The zero-order chi connectivity index (χ0) is 11.9. The van der Waals surface area contributed by atoms with Crippen LogP contribution in [0.3, 0.4) is 0 Å². The Kier molecular flexibility index (Phi) is 4.94. The van der Waals surface area contributed by atoms with E-state index in [2.05, 4.69) is 30.2 Å². The van der Waals surface area contributed by atoms with E-state index in [1.165, 1.54) is 5.56 Å². The monoisotopic (exact) mass is 217 g/mol. The van der Waals surface area contributed by atoms with E-state index in [9.17, 15) is 0 Å². The summed E-state index contributed by atoms with van der Waals surface area (Å²) in [6.45, 7) is 6.16. The van der Waals surface area contributed by atoms with Gasteiger partial charge < -0.3 is 5.32 Å². The lowest BCUT2D eigenvalue weighted by molar-refractivity contribution is 0.317. The van der Waals surface area contributed by atoms with Crippen LogP contribution < -0.4 is 5.32 Å². The predicted octanol–water partition coefficient (Wildman–Crippen LogP) is 2.50. The summed E-state index contributed by atoms with van der Waals surface area (Å²) in [6.07, 6.45) is 5.17. The van der Waals surface area contributed by atoms with Gasteiger partial charge in [0.2, 0.25) is 0 Å². The molecule has 1 N–H and O–H groups in total. The molecule has 3 nitrogen and oxygen atoms in total. The van der Waals surface area contributed by atoms with Crippen LogP contribution >= 0.6 is 0 Å². The number of aromatic nitrogens is 1. The van der Waals surface area contributed by atoms with E-state index in [0.717, 1.165) is 19.5 Å². The third-order valence-corrected chi connectivity index (χ3v) is 2.60. The second-order valence-corrected chi connectivity index (χ2v) is 4.78. The zero-order valence-corrected chi connectivity index (χ0v) is 10.0. The van der Waals surface area contributed by atoms with E-state index in [4.69, 9.17) is 5.26 Å². The van der Waals surface area contributed by atoms with E-state index in [-0.39, 0.29) is 5.41 Å². The fourth-order valence-corrected chi connectivity index (χ4v) is 1.53. The number of hydrogen-bond donors (Lipinski definition) is 1. The van der Waals surface area contributed by atoms with Gasteiger partial charge in [-0.05, 0) is 29.5 Å². The molecular formula is C13H19N3. The summed E-state index contributed by atoms with van der Waals surface area (Å²) < 4.78 is 0. The average Bonchev–Trinajstić information content (AvgIpc) is 2.28. The van der Waals surface area contributed by atoms with E-state index in [1.807, 2.05) is 12.1 Å². The van der Waals surface area contributed by atoms with Crippen molar-refractivity contribution < 1.29 is 0 Å². The molecule has 1 aromatic heterocycles. The van der Waals surface area contributed by atoms with Gasteiger partial charge in [0.25, 0.3) is 0 Å². The van der Waals surface area contributed by atoms with Gasteiger partial charge in [-0.2, -0.15) is 5.26 Å². The van der Waals surface area contributed by atoms with E-state index in [1.54, 1.807) is 12.4 Å². The standard InChI is InChI=1S/C13H19N3/c1-13(2,6-3-7-14)11-16-10-12-4-8-15-9-5-12/h4-5,8-9,16H,3,6,10-11H2,1-2H3. The van der Waals surface area contributed by atoms with Gasteiger partial charge in [-0.1, -0.05) is 13.8 Å². The molecule has 0 fully saturated rings. The number of nitriles is 1. The number of hydrogen-bond acceptors (Lipinski definition) is 3. The summed E-state index contributed by atoms with van der Waals surface area (Å²) in [4.78, 5) is 3.98. The summed E-state index contributed by atoms with van der Waals surface area (Å²) in [5.74, 6) is 0. The SMILES string of the molecule is CC(C)(CCC#N)CNCc1ccncc1. The molecule has 0 aliphatic carbocycles. The number of pyridine rings is 1. The van der Waals surface area contributed by atoms with Gasteiger partial charge in [0, 0.05) is 31.9 Å². The molecule has 1 aromatic rings. The molecule has 3 heteroatoms. The average molecular weight is 217 g/mol. The molecule has 16 heavy (non-hydrogen) atoms.